The van der Waals surface area contributed by atoms with Crippen LogP contribution in [0.2, 0.25) is 0 Å². The van der Waals surface area contributed by atoms with Crippen molar-refractivity contribution >= 4 is 15.7 Å². The molecule has 0 radical (unpaired) electrons. The second-order valence-electron chi connectivity index (χ2n) is 6.54. The Labute approximate surface area is 141 Å². The molecule has 1 aliphatic rings. The number of sulfonamides is 1. The van der Waals surface area contributed by atoms with Crippen molar-refractivity contribution < 1.29 is 18.1 Å². The molecule has 1 aromatic carbocycles. The van der Waals surface area contributed by atoms with Gasteiger partial charge in [0, 0.05) is 24.7 Å². The zero-order valence-corrected chi connectivity index (χ0v) is 14.9. The zero-order chi connectivity index (χ0) is 18.0. The highest BCUT2D eigenvalue weighted by molar-refractivity contribution is 7.89. The number of rotatable bonds is 6. The number of hydrogen-bond acceptors (Lipinski definition) is 6. The van der Waals surface area contributed by atoms with Crippen LogP contribution in [0.5, 0.6) is 5.75 Å². The summed E-state index contributed by atoms with van der Waals surface area (Å²) in [5.41, 5.74) is -0.333. The van der Waals surface area contributed by atoms with E-state index in [1.807, 2.05) is 0 Å². The highest BCUT2D eigenvalue weighted by Gasteiger charge is 2.33. The average Bonchev–Trinajstić information content (AvgIpc) is 2.52. The summed E-state index contributed by atoms with van der Waals surface area (Å²) in [4.78, 5) is 10.0. The van der Waals surface area contributed by atoms with Gasteiger partial charge in [-0.2, -0.15) is 0 Å². The quantitative estimate of drug-likeness (QED) is 0.592. The molecule has 0 saturated carbocycles. The van der Waals surface area contributed by atoms with E-state index in [1.54, 1.807) is 0 Å². The van der Waals surface area contributed by atoms with Gasteiger partial charge in [0.25, 0.3) is 5.69 Å². The Hall–Kier alpha value is -1.71. The predicted octanol–water partition coefficient (Wildman–Crippen LogP) is 1.66. The Morgan fingerprint density at radius 1 is 1.46 bits per heavy atom. The summed E-state index contributed by atoms with van der Waals surface area (Å²) in [5, 5.41) is 14.2. The number of nitro groups is 1. The van der Waals surface area contributed by atoms with E-state index in [-0.39, 0.29) is 34.3 Å². The second kappa shape index (κ2) is 7.04. The maximum Gasteiger partial charge on any atom is 0.271 e. The average molecular weight is 357 g/mol. The minimum atomic E-state index is -3.93. The molecule has 1 heterocycles. The van der Waals surface area contributed by atoms with E-state index in [1.165, 1.54) is 19.2 Å². The molecule has 1 aliphatic heterocycles. The van der Waals surface area contributed by atoms with Gasteiger partial charge in [-0.05, 0) is 30.9 Å². The van der Waals surface area contributed by atoms with Crippen LogP contribution >= 0.6 is 0 Å². The van der Waals surface area contributed by atoms with Crippen LogP contribution in [0.3, 0.4) is 0 Å². The number of nitrogens with one attached hydrogen (secondary N) is 2. The third kappa shape index (κ3) is 4.03. The summed E-state index contributed by atoms with van der Waals surface area (Å²) in [6.07, 6.45) is 2.06. The van der Waals surface area contributed by atoms with E-state index in [2.05, 4.69) is 23.9 Å². The Bertz CT molecular complexity index is 718. The fourth-order valence-corrected chi connectivity index (χ4v) is 4.11. The van der Waals surface area contributed by atoms with E-state index in [4.69, 9.17) is 4.74 Å². The van der Waals surface area contributed by atoms with Crippen molar-refractivity contribution in [2.45, 2.75) is 37.6 Å². The fraction of sp³-hybridized carbons (Fsp3) is 0.600. The molecular formula is C15H23N3O5S. The molecule has 1 atom stereocenters. The molecule has 0 aliphatic carbocycles. The molecular weight excluding hydrogens is 334 g/mol. The van der Waals surface area contributed by atoms with E-state index < -0.39 is 14.9 Å². The molecule has 0 bridgehead atoms. The SMILES string of the molecule is COc1ccc([N+](=O)[O-])cc1S(=O)(=O)NCC1NCCCC1(C)C. The van der Waals surface area contributed by atoms with Gasteiger partial charge in [0.2, 0.25) is 10.0 Å². The molecule has 2 rings (SSSR count). The lowest BCUT2D eigenvalue weighted by Crippen LogP contribution is -2.52. The van der Waals surface area contributed by atoms with Gasteiger partial charge in [-0.1, -0.05) is 13.8 Å². The summed E-state index contributed by atoms with van der Waals surface area (Å²) in [6.45, 7) is 5.23. The molecule has 2 N–H and O–H groups in total. The molecule has 0 spiro atoms. The predicted molar refractivity (Wildman–Crippen MR) is 89.6 cm³/mol. The first-order chi connectivity index (χ1) is 11.2. The molecule has 24 heavy (non-hydrogen) atoms. The minimum absolute atomic E-state index is 0.00859. The van der Waals surface area contributed by atoms with Crippen molar-refractivity contribution in [2.24, 2.45) is 5.41 Å². The van der Waals surface area contributed by atoms with Crippen LogP contribution < -0.4 is 14.8 Å². The minimum Gasteiger partial charge on any atom is -0.495 e. The molecule has 0 aromatic heterocycles. The zero-order valence-electron chi connectivity index (χ0n) is 14.0. The lowest BCUT2D eigenvalue weighted by molar-refractivity contribution is -0.385. The third-order valence-electron chi connectivity index (χ3n) is 4.46. The number of piperidine rings is 1. The first-order valence-electron chi connectivity index (χ1n) is 7.73. The number of methoxy groups -OCH3 is 1. The van der Waals surface area contributed by atoms with Crippen LogP contribution in [0.1, 0.15) is 26.7 Å². The molecule has 1 aromatic rings. The monoisotopic (exact) mass is 357 g/mol. The molecule has 134 valence electrons. The van der Waals surface area contributed by atoms with Crippen LogP contribution in [-0.2, 0) is 10.0 Å². The molecule has 1 saturated heterocycles. The van der Waals surface area contributed by atoms with Crippen molar-refractivity contribution in [1.82, 2.24) is 10.0 Å². The van der Waals surface area contributed by atoms with Crippen LogP contribution in [-0.4, -0.2) is 39.6 Å². The number of hydrogen-bond donors (Lipinski definition) is 2. The normalized spacial score (nSPS) is 20.5. The summed E-state index contributed by atoms with van der Waals surface area (Å²) < 4.78 is 32.8. The largest absolute Gasteiger partial charge is 0.495 e. The number of ether oxygens (including phenoxy) is 1. The first-order valence-corrected chi connectivity index (χ1v) is 9.21. The third-order valence-corrected chi connectivity index (χ3v) is 5.90. The molecule has 1 unspecified atom stereocenters. The van der Waals surface area contributed by atoms with Crippen LogP contribution in [0.4, 0.5) is 5.69 Å². The van der Waals surface area contributed by atoms with Crippen LogP contribution in [0, 0.1) is 15.5 Å². The van der Waals surface area contributed by atoms with Gasteiger partial charge in [-0.25, -0.2) is 13.1 Å². The number of benzene rings is 1. The van der Waals surface area contributed by atoms with Gasteiger partial charge < -0.3 is 10.1 Å². The summed E-state index contributed by atoms with van der Waals surface area (Å²) in [5.74, 6) is 0.0731. The first kappa shape index (κ1) is 18.6. The van der Waals surface area contributed by atoms with Gasteiger partial charge in [0.1, 0.15) is 10.6 Å². The molecule has 1 fully saturated rings. The summed E-state index contributed by atoms with van der Waals surface area (Å²) >= 11 is 0. The van der Waals surface area contributed by atoms with E-state index in [0.29, 0.717) is 0 Å². The lowest BCUT2D eigenvalue weighted by atomic mass is 9.78. The van der Waals surface area contributed by atoms with E-state index >= 15 is 0 Å². The molecule has 9 heteroatoms. The van der Waals surface area contributed by atoms with Gasteiger partial charge in [0.15, 0.2) is 0 Å². The number of non-ortho nitro benzene ring substituents is 1. The Balaban J connectivity index is 2.23. The Morgan fingerprint density at radius 3 is 2.75 bits per heavy atom. The Kier molecular flexibility index (Phi) is 5.46. The standard InChI is InChI=1S/C15H23N3O5S/c1-15(2)7-4-8-16-14(15)10-17-24(21,22)13-9-11(18(19)20)5-6-12(13)23-3/h5-6,9,14,16-17H,4,7-8,10H2,1-3H3. The highest BCUT2D eigenvalue weighted by atomic mass is 32.2. The van der Waals surface area contributed by atoms with Gasteiger partial charge in [-0.15, -0.1) is 0 Å². The topological polar surface area (TPSA) is 111 Å². The van der Waals surface area contributed by atoms with Crippen molar-refractivity contribution in [3.8, 4) is 5.75 Å². The van der Waals surface area contributed by atoms with E-state index in [0.717, 1.165) is 25.5 Å². The fourth-order valence-electron chi connectivity index (χ4n) is 2.88. The lowest BCUT2D eigenvalue weighted by Gasteiger charge is -2.39. The van der Waals surface area contributed by atoms with Crippen LogP contribution in [0.25, 0.3) is 0 Å². The van der Waals surface area contributed by atoms with Crippen molar-refractivity contribution in [2.75, 3.05) is 20.2 Å². The van der Waals surface area contributed by atoms with Crippen molar-refractivity contribution in [3.63, 3.8) is 0 Å². The maximum absolute atomic E-state index is 12.6. The van der Waals surface area contributed by atoms with E-state index in [9.17, 15) is 18.5 Å². The highest BCUT2D eigenvalue weighted by Crippen LogP contribution is 2.31. The number of nitro benzene ring substituents is 1. The summed E-state index contributed by atoms with van der Waals surface area (Å²) in [6, 6.07) is 3.51. The molecule has 0 amide bonds. The molecule has 8 nitrogen and oxygen atoms in total. The second-order valence-corrected chi connectivity index (χ2v) is 8.28. The van der Waals surface area contributed by atoms with Crippen molar-refractivity contribution in [1.29, 1.82) is 0 Å². The smallest absolute Gasteiger partial charge is 0.271 e. The van der Waals surface area contributed by atoms with Gasteiger partial charge >= 0.3 is 0 Å². The summed E-state index contributed by atoms with van der Waals surface area (Å²) in [7, 11) is -2.60. The van der Waals surface area contributed by atoms with Gasteiger partial charge in [0.05, 0.1) is 12.0 Å². The van der Waals surface area contributed by atoms with Crippen LogP contribution in [0.15, 0.2) is 23.1 Å². The van der Waals surface area contributed by atoms with Crippen molar-refractivity contribution in [3.05, 3.63) is 28.3 Å². The Morgan fingerprint density at radius 2 is 2.17 bits per heavy atom. The van der Waals surface area contributed by atoms with Gasteiger partial charge in [-0.3, -0.25) is 10.1 Å². The number of nitrogens with zero attached hydrogens (tertiary/aromatic N) is 1. The maximum atomic E-state index is 12.6.